The minimum Gasteiger partial charge on any atom is -0.350 e. The van der Waals surface area contributed by atoms with Gasteiger partial charge in [0.05, 0.1) is 22.5 Å². The summed E-state index contributed by atoms with van der Waals surface area (Å²) in [7, 11) is 0. The second-order valence-electron chi connectivity index (χ2n) is 7.81. The smallest absolute Gasteiger partial charge is 0.259 e. The van der Waals surface area contributed by atoms with Crippen LogP contribution in [-0.2, 0) is 11.3 Å². The predicted molar refractivity (Wildman–Crippen MR) is 114 cm³/mol. The van der Waals surface area contributed by atoms with Gasteiger partial charge in [0.25, 0.3) is 11.6 Å². The summed E-state index contributed by atoms with van der Waals surface area (Å²) in [6.07, 6.45) is 2.15. The first-order chi connectivity index (χ1) is 14.6. The van der Waals surface area contributed by atoms with Gasteiger partial charge in [-0.1, -0.05) is 35.5 Å². The lowest BCUT2D eigenvalue weighted by atomic mass is 10.1. The first-order valence-electron chi connectivity index (χ1n) is 10.1. The van der Waals surface area contributed by atoms with Crippen LogP contribution in [0.25, 0.3) is 11.1 Å². The van der Waals surface area contributed by atoms with E-state index in [-0.39, 0.29) is 11.8 Å². The minimum atomic E-state index is -0.501. The van der Waals surface area contributed by atoms with Crippen molar-refractivity contribution < 1.29 is 14.1 Å². The largest absolute Gasteiger partial charge is 0.350 e. The quantitative estimate of drug-likeness (QED) is 0.679. The van der Waals surface area contributed by atoms with Crippen LogP contribution in [-0.4, -0.2) is 44.5 Å². The lowest BCUT2D eigenvalue weighted by Gasteiger charge is -2.23. The van der Waals surface area contributed by atoms with Gasteiger partial charge in [-0.3, -0.25) is 9.59 Å². The number of fused-ring (bicyclic) bond motifs is 1. The first-order valence-corrected chi connectivity index (χ1v) is 11.2. The molecule has 2 fully saturated rings. The van der Waals surface area contributed by atoms with Crippen LogP contribution in [0.15, 0.2) is 40.9 Å². The van der Waals surface area contributed by atoms with Crippen molar-refractivity contribution in [2.75, 3.05) is 11.6 Å². The number of amides is 2. The van der Waals surface area contributed by atoms with E-state index in [4.69, 9.17) is 4.52 Å². The molecule has 5 rings (SSSR count). The van der Waals surface area contributed by atoms with Crippen LogP contribution in [0.4, 0.5) is 0 Å². The van der Waals surface area contributed by atoms with Gasteiger partial charge in [-0.15, -0.1) is 11.8 Å². The van der Waals surface area contributed by atoms with Gasteiger partial charge in [-0.05, 0) is 31.4 Å². The highest BCUT2D eigenvalue weighted by molar-refractivity contribution is 7.99. The summed E-state index contributed by atoms with van der Waals surface area (Å²) in [5, 5.41) is 7.62. The molecule has 154 valence electrons. The van der Waals surface area contributed by atoms with E-state index in [9.17, 15) is 9.59 Å². The molecule has 3 heterocycles. The molecule has 1 saturated carbocycles. The number of benzene rings is 1. The van der Waals surface area contributed by atoms with E-state index in [1.165, 1.54) is 0 Å². The van der Waals surface area contributed by atoms with E-state index in [1.54, 1.807) is 16.7 Å². The number of carbonyl (C=O) groups excluding carboxylic acids is 2. The molecule has 2 amide bonds. The summed E-state index contributed by atoms with van der Waals surface area (Å²) in [5.41, 5.74) is 3.47. The number of rotatable bonds is 5. The van der Waals surface area contributed by atoms with Crippen LogP contribution in [0.3, 0.4) is 0 Å². The van der Waals surface area contributed by atoms with E-state index < -0.39 is 6.04 Å². The summed E-state index contributed by atoms with van der Waals surface area (Å²) in [4.78, 5) is 32.6. The molecule has 1 aliphatic carbocycles. The van der Waals surface area contributed by atoms with Crippen LogP contribution in [0, 0.1) is 6.92 Å². The second kappa shape index (κ2) is 7.75. The Bertz CT molecular complexity index is 1110. The lowest BCUT2D eigenvalue weighted by Crippen LogP contribution is -2.47. The Kier molecular flexibility index (Phi) is 4.94. The Morgan fingerprint density at radius 3 is 2.83 bits per heavy atom. The molecule has 0 unspecified atom stereocenters. The van der Waals surface area contributed by atoms with Crippen LogP contribution in [0.5, 0.6) is 0 Å². The third-order valence-corrected chi connectivity index (χ3v) is 6.63. The summed E-state index contributed by atoms with van der Waals surface area (Å²) in [6, 6.07) is 11.1. The van der Waals surface area contributed by atoms with E-state index in [0.29, 0.717) is 46.4 Å². The molecule has 3 aromatic rings. The maximum atomic E-state index is 13.5. The highest BCUT2D eigenvalue weighted by atomic mass is 32.2. The fraction of sp³-hybridized carbons (Fsp3) is 0.364. The van der Waals surface area contributed by atoms with Crippen molar-refractivity contribution in [3.63, 3.8) is 0 Å². The van der Waals surface area contributed by atoms with Crippen molar-refractivity contribution in [1.29, 1.82) is 0 Å². The number of nitrogens with zero attached hydrogens (tertiary/aromatic N) is 3. The third kappa shape index (κ3) is 3.56. The van der Waals surface area contributed by atoms with Gasteiger partial charge in [0.15, 0.2) is 0 Å². The number of hydrogen-bond donors (Lipinski definition) is 1. The Labute approximate surface area is 178 Å². The van der Waals surface area contributed by atoms with Crippen molar-refractivity contribution in [1.82, 2.24) is 20.4 Å². The zero-order valence-corrected chi connectivity index (χ0v) is 17.4. The Morgan fingerprint density at radius 2 is 2.07 bits per heavy atom. The second-order valence-corrected chi connectivity index (χ2v) is 8.81. The van der Waals surface area contributed by atoms with E-state index in [0.717, 1.165) is 24.1 Å². The third-order valence-electron chi connectivity index (χ3n) is 5.62. The van der Waals surface area contributed by atoms with Crippen molar-refractivity contribution in [3.8, 4) is 0 Å². The van der Waals surface area contributed by atoms with Gasteiger partial charge < -0.3 is 14.7 Å². The number of aryl methyl sites for hydroxylation is 1. The molecule has 1 atom stereocenters. The molecule has 1 aliphatic heterocycles. The zero-order chi connectivity index (χ0) is 20.7. The summed E-state index contributed by atoms with van der Waals surface area (Å²) >= 11 is 1.59. The Balaban J connectivity index is 1.40. The molecule has 2 aromatic heterocycles. The van der Waals surface area contributed by atoms with Gasteiger partial charge in [0.1, 0.15) is 6.04 Å². The summed E-state index contributed by atoms with van der Waals surface area (Å²) < 4.78 is 5.37. The van der Waals surface area contributed by atoms with Crippen LogP contribution in [0.2, 0.25) is 0 Å². The van der Waals surface area contributed by atoms with Crippen molar-refractivity contribution >= 4 is 34.7 Å². The molecular weight excluding hydrogens is 400 g/mol. The average Bonchev–Trinajstić information content (AvgIpc) is 3.39. The number of thioether (sulfide) groups is 1. The maximum absolute atomic E-state index is 13.5. The molecule has 0 radical (unpaired) electrons. The highest BCUT2D eigenvalue weighted by Crippen LogP contribution is 2.41. The number of pyridine rings is 1. The Morgan fingerprint density at radius 1 is 1.27 bits per heavy atom. The van der Waals surface area contributed by atoms with Gasteiger partial charge >= 0.3 is 0 Å². The summed E-state index contributed by atoms with van der Waals surface area (Å²) in [5.74, 6) is 1.14. The fourth-order valence-electron chi connectivity index (χ4n) is 3.79. The molecule has 1 saturated heterocycles. The molecule has 0 spiro atoms. The van der Waals surface area contributed by atoms with Crippen LogP contribution >= 0.6 is 11.8 Å². The van der Waals surface area contributed by atoms with E-state index in [1.807, 2.05) is 43.3 Å². The fourth-order valence-corrected chi connectivity index (χ4v) is 4.94. The standard InChI is InChI=1S/C22H22N4O3S/c1-13-19-16(9-17(15-7-8-15)24-21(19)29-25-13)22(28)26-12-30-11-18(26)20(27)23-10-14-5-3-2-4-6-14/h2-6,9,15,18H,7-8,10-12H2,1H3,(H,23,27)/t18-/m0/s1. The SMILES string of the molecule is Cc1noc2nc(C3CC3)cc(C(=O)N3CSC[C@H]3C(=O)NCc3ccccc3)c12. The number of hydrogen-bond acceptors (Lipinski definition) is 6. The number of carbonyl (C=O) groups is 2. The highest BCUT2D eigenvalue weighted by Gasteiger charge is 2.37. The molecule has 1 N–H and O–H groups in total. The number of nitrogens with one attached hydrogen (secondary N) is 1. The number of aromatic nitrogens is 2. The van der Waals surface area contributed by atoms with Gasteiger partial charge in [0, 0.05) is 23.9 Å². The lowest BCUT2D eigenvalue weighted by molar-refractivity contribution is -0.124. The van der Waals surface area contributed by atoms with E-state index in [2.05, 4.69) is 15.5 Å². The molecule has 30 heavy (non-hydrogen) atoms. The maximum Gasteiger partial charge on any atom is 0.259 e. The molecule has 7 nitrogen and oxygen atoms in total. The normalized spacial score (nSPS) is 18.7. The predicted octanol–water partition coefficient (Wildman–Crippen LogP) is 3.24. The monoisotopic (exact) mass is 422 g/mol. The van der Waals surface area contributed by atoms with Gasteiger partial charge in [-0.2, -0.15) is 0 Å². The molecule has 1 aromatic carbocycles. The minimum absolute atomic E-state index is 0.132. The van der Waals surface area contributed by atoms with Crippen molar-refractivity contribution in [2.24, 2.45) is 0 Å². The average molecular weight is 423 g/mol. The van der Waals surface area contributed by atoms with Gasteiger partial charge in [-0.25, -0.2) is 4.98 Å². The molecule has 8 heteroatoms. The first kappa shape index (κ1) is 19.1. The van der Waals surface area contributed by atoms with Crippen molar-refractivity contribution in [3.05, 3.63) is 58.9 Å². The van der Waals surface area contributed by atoms with Gasteiger partial charge in [0.2, 0.25) is 5.91 Å². The van der Waals surface area contributed by atoms with Crippen LogP contribution < -0.4 is 5.32 Å². The molecule has 2 aliphatic rings. The topological polar surface area (TPSA) is 88.3 Å². The molecule has 0 bridgehead atoms. The summed E-state index contributed by atoms with van der Waals surface area (Å²) in [6.45, 7) is 2.25. The van der Waals surface area contributed by atoms with E-state index >= 15 is 0 Å². The van der Waals surface area contributed by atoms with Crippen molar-refractivity contribution in [2.45, 2.75) is 38.3 Å². The zero-order valence-electron chi connectivity index (χ0n) is 16.6. The Hall–Kier alpha value is -2.87. The molecular formula is C22H22N4O3S. The van der Waals surface area contributed by atoms with Crippen LogP contribution in [0.1, 0.15) is 46.1 Å².